The number of nitrogens with one attached hydrogen (secondary N) is 4. The molecule has 1 heterocycles. The van der Waals surface area contributed by atoms with E-state index in [0.29, 0.717) is 38.8 Å². The second-order valence-corrected chi connectivity index (χ2v) is 16.8. The summed E-state index contributed by atoms with van der Waals surface area (Å²) in [4.78, 5) is 67.3. The third-order valence-electron chi connectivity index (χ3n) is 10.9. The number of sulfonamides is 1. The van der Waals surface area contributed by atoms with Crippen molar-refractivity contribution < 1.29 is 32.4 Å². The number of hydrogen-bond acceptors (Lipinski definition) is 7. The second-order valence-electron chi connectivity index (χ2n) is 14.9. The van der Waals surface area contributed by atoms with E-state index in [0.717, 1.165) is 77.0 Å². The molecule has 0 unspecified atom stereocenters. The van der Waals surface area contributed by atoms with Gasteiger partial charge in [0.05, 0.1) is 17.8 Å². The van der Waals surface area contributed by atoms with Gasteiger partial charge in [-0.3, -0.25) is 19.2 Å². The molecule has 4 aliphatic carbocycles. The Bertz CT molecular complexity index is 1300. The smallest absolute Gasteiger partial charge is 0.315 e. The summed E-state index contributed by atoms with van der Waals surface area (Å²) in [6, 6.07) is -2.23. The van der Waals surface area contributed by atoms with Gasteiger partial charge in [-0.05, 0) is 69.6 Å². The molecule has 0 aromatic heterocycles. The first-order chi connectivity index (χ1) is 22.4. The van der Waals surface area contributed by atoms with Crippen LogP contribution >= 0.6 is 0 Å². The molecule has 2 atom stereocenters. The lowest BCUT2D eigenvalue weighted by Gasteiger charge is -2.43. The van der Waals surface area contributed by atoms with E-state index in [1.807, 2.05) is 13.8 Å². The molecule has 264 valence electrons. The third kappa shape index (κ3) is 8.84. The first-order valence-corrected chi connectivity index (χ1v) is 19.5. The summed E-state index contributed by atoms with van der Waals surface area (Å²) in [5, 5.41) is 11.3. The molecule has 0 spiro atoms. The highest BCUT2D eigenvalue weighted by molar-refractivity contribution is 7.89. The van der Waals surface area contributed by atoms with Crippen LogP contribution in [-0.4, -0.2) is 102 Å². The van der Waals surface area contributed by atoms with Gasteiger partial charge in [0.15, 0.2) is 0 Å². The Kier molecular flexibility index (Phi) is 11.2. The molecule has 0 aromatic carbocycles. The lowest BCUT2D eigenvalue weighted by atomic mass is 9.70. The highest BCUT2D eigenvalue weighted by atomic mass is 32.2. The van der Waals surface area contributed by atoms with Gasteiger partial charge in [-0.1, -0.05) is 52.4 Å². The first-order valence-electron chi connectivity index (χ1n) is 17.9. The Morgan fingerprint density at radius 1 is 0.872 bits per heavy atom. The minimum Gasteiger partial charge on any atom is -0.347 e. The molecule has 47 heavy (non-hydrogen) atoms. The summed E-state index contributed by atoms with van der Waals surface area (Å²) in [5.74, 6) is -2.46. The van der Waals surface area contributed by atoms with Gasteiger partial charge in [0.2, 0.25) is 27.6 Å². The van der Waals surface area contributed by atoms with Gasteiger partial charge in [-0.15, -0.1) is 0 Å². The maximum Gasteiger partial charge on any atom is 0.315 e. The van der Waals surface area contributed by atoms with Crippen molar-refractivity contribution in [3.05, 3.63) is 0 Å². The van der Waals surface area contributed by atoms with Crippen LogP contribution in [0.1, 0.15) is 117 Å². The Labute approximate surface area is 279 Å². The maximum atomic E-state index is 14.4. The zero-order chi connectivity index (χ0) is 33.8. The molecular formula is C33H54N6O7S. The standard InChI is InChI=1S/C33H54N6O7S/c1-3-39(24-14-15-24)47(45,46)22-33(18-8-5-9-19-33)37-31(44)36-27(32(2)16-6-4-7-17-32)30(43)38-20-10-11-25(38)28(41)34-21-26(40)29(42)35-23-12-13-23/h23-25,27H,3-22H2,1-2H3,(H,34,41)(H,35,42)(H2,36,37,44)/t25-,27+/m0/s1. The van der Waals surface area contributed by atoms with Crippen molar-refractivity contribution in [1.29, 1.82) is 0 Å². The minimum atomic E-state index is -3.62. The van der Waals surface area contributed by atoms with Crippen molar-refractivity contribution in [2.24, 2.45) is 5.41 Å². The highest BCUT2D eigenvalue weighted by Crippen LogP contribution is 2.40. The van der Waals surface area contributed by atoms with Crippen molar-refractivity contribution in [2.75, 3.05) is 25.4 Å². The number of likely N-dealkylation sites (tertiary alicyclic amines) is 1. The summed E-state index contributed by atoms with van der Waals surface area (Å²) in [6.07, 6.45) is 12.4. The van der Waals surface area contributed by atoms with Crippen LogP contribution in [0.5, 0.6) is 0 Å². The quantitative estimate of drug-likeness (QED) is 0.204. The van der Waals surface area contributed by atoms with E-state index >= 15 is 0 Å². The van der Waals surface area contributed by atoms with E-state index in [-0.39, 0.29) is 23.7 Å². The number of hydrogen-bond donors (Lipinski definition) is 4. The zero-order valence-electron chi connectivity index (χ0n) is 28.1. The molecule has 5 rings (SSSR count). The number of ketones is 1. The van der Waals surface area contributed by atoms with Gasteiger partial charge < -0.3 is 26.2 Å². The second kappa shape index (κ2) is 14.8. The van der Waals surface area contributed by atoms with Gasteiger partial charge in [-0.25, -0.2) is 13.2 Å². The third-order valence-corrected chi connectivity index (χ3v) is 13.1. The molecule has 5 fully saturated rings. The fourth-order valence-electron chi connectivity index (χ4n) is 7.93. The van der Waals surface area contributed by atoms with Crippen molar-refractivity contribution in [1.82, 2.24) is 30.5 Å². The average Bonchev–Trinajstić information content (AvgIpc) is 3.97. The predicted octanol–water partition coefficient (Wildman–Crippen LogP) is 2.10. The lowest BCUT2D eigenvalue weighted by Crippen LogP contribution is -2.64. The van der Waals surface area contributed by atoms with E-state index in [9.17, 15) is 32.4 Å². The zero-order valence-corrected chi connectivity index (χ0v) is 28.9. The molecule has 1 saturated heterocycles. The molecule has 5 aliphatic rings. The Morgan fingerprint density at radius 3 is 2.11 bits per heavy atom. The average molecular weight is 679 g/mol. The van der Waals surface area contributed by atoms with Crippen molar-refractivity contribution in [3.8, 4) is 0 Å². The summed E-state index contributed by atoms with van der Waals surface area (Å²) in [7, 11) is -3.62. The highest BCUT2D eigenvalue weighted by Gasteiger charge is 2.48. The first kappa shape index (κ1) is 35.6. The molecule has 0 radical (unpaired) electrons. The molecule has 0 aromatic rings. The number of carbonyl (C=O) groups excluding carboxylic acids is 5. The van der Waals surface area contributed by atoms with Gasteiger partial charge >= 0.3 is 6.03 Å². The summed E-state index contributed by atoms with van der Waals surface area (Å²) in [5.41, 5.74) is -1.48. The molecule has 1 aliphatic heterocycles. The normalized spacial score (nSPS) is 24.7. The van der Waals surface area contributed by atoms with Crippen LogP contribution in [0.15, 0.2) is 0 Å². The van der Waals surface area contributed by atoms with Gasteiger partial charge in [0.25, 0.3) is 5.91 Å². The Hall–Kier alpha value is -2.74. The Balaban J connectivity index is 1.29. The molecule has 0 bridgehead atoms. The van der Waals surface area contributed by atoms with Gasteiger partial charge in [-0.2, -0.15) is 4.31 Å². The SMILES string of the molecule is CCN(C1CC1)S(=O)(=O)CC1(NC(=O)N[C@H](C(=O)N2CCC[C@H]2C(=O)NCC(=O)C(=O)NC2CC2)C2(C)CCCCC2)CCCCC1. The van der Waals surface area contributed by atoms with E-state index in [1.165, 1.54) is 4.90 Å². The van der Waals surface area contributed by atoms with Crippen LogP contribution < -0.4 is 21.3 Å². The van der Waals surface area contributed by atoms with E-state index in [4.69, 9.17) is 0 Å². The topological polar surface area (TPSA) is 174 Å². The lowest BCUT2D eigenvalue weighted by molar-refractivity contribution is -0.143. The van der Waals surface area contributed by atoms with Gasteiger partial charge in [0.1, 0.15) is 12.1 Å². The van der Waals surface area contributed by atoms with Gasteiger partial charge in [0, 0.05) is 25.2 Å². The van der Waals surface area contributed by atoms with Crippen LogP contribution in [0, 0.1) is 5.41 Å². The van der Waals surface area contributed by atoms with Crippen LogP contribution in [0.4, 0.5) is 4.79 Å². The number of amides is 5. The molecule has 4 N–H and O–H groups in total. The Morgan fingerprint density at radius 2 is 1.51 bits per heavy atom. The summed E-state index contributed by atoms with van der Waals surface area (Å²) in [6.45, 7) is 4.14. The fourth-order valence-corrected chi connectivity index (χ4v) is 10.2. The van der Waals surface area contributed by atoms with Crippen molar-refractivity contribution in [3.63, 3.8) is 0 Å². The van der Waals surface area contributed by atoms with Crippen LogP contribution in [0.3, 0.4) is 0 Å². The predicted molar refractivity (Wildman–Crippen MR) is 176 cm³/mol. The maximum absolute atomic E-state index is 14.4. The molecule has 13 nitrogen and oxygen atoms in total. The number of urea groups is 1. The number of carbonyl (C=O) groups is 5. The number of nitrogens with zero attached hydrogens (tertiary/aromatic N) is 2. The van der Waals surface area contributed by atoms with E-state index in [2.05, 4.69) is 21.3 Å². The molecule has 14 heteroatoms. The van der Waals surface area contributed by atoms with Crippen molar-refractivity contribution >= 4 is 39.6 Å². The van der Waals surface area contributed by atoms with Crippen LogP contribution in [0.25, 0.3) is 0 Å². The monoisotopic (exact) mass is 678 g/mol. The number of Topliss-reactive ketones (excluding diaryl/α,β-unsaturated/α-hetero) is 1. The van der Waals surface area contributed by atoms with Crippen LogP contribution in [0.2, 0.25) is 0 Å². The summed E-state index contributed by atoms with van der Waals surface area (Å²) >= 11 is 0. The molecule has 5 amide bonds. The number of rotatable bonds is 14. The van der Waals surface area contributed by atoms with Crippen LogP contribution in [-0.2, 0) is 29.2 Å². The minimum absolute atomic E-state index is 0.0269. The molecular weight excluding hydrogens is 624 g/mol. The fraction of sp³-hybridized carbons (Fsp3) is 0.848. The van der Waals surface area contributed by atoms with Crippen molar-refractivity contribution in [2.45, 2.75) is 146 Å². The van der Waals surface area contributed by atoms with E-state index < -0.39 is 63.2 Å². The molecule has 4 saturated carbocycles. The van der Waals surface area contributed by atoms with E-state index in [1.54, 1.807) is 4.31 Å². The summed E-state index contributed by atoms with van der Waals surface area (Å²) < 4.78 is 28.8. The largest absolute Gasteiger partial charge is 0.347 e.